The number of ether oxygens (including phenoxy) is 2. The molecule has 1 unspecified atom stereocenters. The maximum Gasteiger partial charge on any atom is 0.0713 e. The number of hydrogen-bond donors (Lipinski definition) is 1. The molecule has 3 nitrogen and oxygen atoms in total. The fourth-order valence-corrected chi connectivity index (χ4v) is 1.73. The van der Waals surface area contributed by atoms with Crippen LogP contribution in [0.1, 0.15) is 18.1 Å². The summed E-state index contributed by atoms with van der Waals surface area (Å²) in [4.78, 5) is 0. The summed E-state index contributed by atoms with van der Waals surface area (Å²) in [7, 11) is 3.46. The molecule has 1 atom stereocenters. The van der Waals surface area contributed by atoms with Crippen LogP contribution in [0.5, 0.6) is 0 Å². The molecule has 3 heteroatoms. The Bertz CT molecular complexity index is 298. The Balaban J connectivity index is 2.27. The molecule has 1 aromatic rings. The van der Waals surface area contributed by atoms with Crippen LogP contribution in [0.3, 0.4) is 0 Å². The predicted octanol–water partition coefficient (Wildman–Crippen LogP) is 2.21. The molecule has 1 rings (SSSR count). The highest BCUT2D eigenvalue weighted by Crippen LogP contribution is 2.05. The lowest BCUT2D eigenvalue weighted by Gasteiger charge is -2.11. The Labute approximate surface area is 104 Å². The van der Waals surface area contributed by atoms with Crippen molar-refractivity contribution in [1.82, 2.24) is 5.32 Å². The first kappa shape index (κ1) is 14.2. The second-order valence-electron chi connectivity index (χ2n) is 4.44. The molecule has 0 fully saturated rings. The zero-order valence-electron chi connectivity index (χ0n) is 11.0. The quantitative estimate of drug-likeness (QED) is 0.752. The second-order valence-corrected chi connectivity index (χ2v) is 4.44. The van der Waals surface area contributed by atoms with Crippen molar-refractivity contribution in [1.29, 1.82) is 0 Å². The van der Waals surface area contributed by atoms with Gasteiger partial charge in [-0.15, -0.1) is 0 Å². The zero-order chi connectivity index (χ0) is 12.5. The first-order chi connectivity index (χ1) is 8.26. The summed E-state index contributed by atoms with van der Waals surface area (Å²) in [6, 6.07) is 8.50. The van der Waals surface area contributed by atoms with E-state index >= 15 is 0 Å². The van der Waals surface area contributed by atoms with Crippen LogP contribution in [-0.2, 0) is 22.6 Å². The van der Waals surface area contributed by atoms with Crippen molar-refractivity contribution in [3.05, 3.63) is 35.4 Å². The van der Waals surface area contributed by atoms with Crippen LogP contribution < -0.4 is 5.32 Å². The van der Waals surface area contributed by atoms with Crippen molar-refractivity contribution >= 4 is 0 Å². The van der Waals surface area contributed by atoms with E-state index in [0.29, 0.717) is 12.5 Å². The molecule has 0 spiro atoms. The molecule has 0 aliphatic rings. The van der Waals surface area contributed by atoms with Gasteiger partial charge >= 0.3 is 0 Å². The van der Waals surface area contributed by atoms with Crippen molar-refractivity contribution in [2.75, 3.05) is 27.4 Å². The molecule has 0 radical (unpaired) electrons. The molecule has 17 heavy (non-hydrogen) atoms. The summed E-state index contributed by atoms with van der Waals surface area (Å²) in [5.41, 5.74) is 2.51. The van der Waals surface area contributed by atoms with Crippen molar-refractivity contribution in [2.24, 2.45) is 5.92 Å². The Kier molecular flexibility index (Phi) is 6.86. The maximum atomic E-state index is 5.10. The average molecular weight is 237 g/mol. The lowest BCUT2D eigenvalue weighted by molar-refractivity contribution is 0.158. The van der Waals surface area contributed by atoms with E-state index in [1.165, 1.54) is 11.1 Å². The molecular weight excluding hydrogens is 214 g/mol. The van der Waals surface area contributed by atoms with Gasteiger partial charge in [0.15, 0.2) is 0 Å². The Morgan fingerprint density at radius 3 is 2.29 bits per heavy atom. The molecule has 1 aromatic carbocycles. The molecule has 0 saturated carbocycles. The van der Waals surface area contributed by atoms with Gasteiger partial charge in [-0.05, 0) is 17.0 Å². The van der Waals surface area contributed by atoms with E-state index in [2.05, 4.69) is 36.5 Å². The number of nitrogens with one attached hydrogen (secondary N) is 1. The Morgan fingerprint density at radius 2 is 1.71 bits per heavy atom. The van der Waals surface area contributed by atoms with E-state index < -0.39 is 0 Å². The Hall–Kier alpha value is -0.900. The van der Waals surface area contributed by atoms with Gasteiger partial charge in [0, 0.05) is 33.9 Å². The molecule has 0 aliphatic carbocycles. The zero-order valence-corrected chi connectivity index (χ0v) is 11.0. The van der Waals surface area contributed by atoms with E-state index in [9.17, 15) is 0 Å². The molecule has 96 valence electrons. The number of hydrogen-bond acceptors (Lipinski definition) is 3. The summed E-state index contributed by atoms with van der Waals surface area (Å²) >= 11 is 0. The average Bonchev–Trinajstić information content (AvgIpc) is 2.32. The van der Waals surface area contributed by atoms with Crippen molar-refractivity contribution < 1.29 is 9.47 Å². The SMILES string of the molecule is COCc1ccc(CNCC(C)COC)cc1. The standard InChI is InChI=1S/C14H23NO2/c1-12(10-16-2)8-15-9-13-4-6-14(7-5-13)11-17-3/h4-7,12,15H,8-11H2,1-3H3. The fraction of sp³-hybridized carbons (Fsp3) is 0.571. The summed E-state index contributed by atoms with van der Waals surface area (Å²) in [6.07, 6.45) is 0. The van der Waals surface area contributed by atoms with Crippen LogP contribution in [0, 0.1) is 5.92 Å². The van der Waals surface area contributed by atoms with Crippen molar-refractivity contribution in [3.63, 3.8) is 0 Å². The molecule has 0 aliphatic heterocycles. The fourth-order valence-electron chi connectivity index (χ4n) is 1.73. The topological polar surface area (TPSA) is 30.5 Å². The summed E-state index contributed by atoms with van der Waals surface area (Å²) in [5.74, 6) is 0.549. The van der Waals surface area contributed by atoms with Crippen LogP contribution >= 0.6 is 0 Å². The van der Waals surface area contributed by atoms with Gasteiger partial charge in [-0.3, -0.25) is 0 Å². The molecule has 0 aromatic heterocycles. The first-order valence-electron chi connectivity index (χ1n) is 6.02. The third-order valence-corrected chi connectivity index (χ3v) is 2.61. The number of rotatable bonds is 8. The lowest BCUT2D eigenvalue weighted by Crippen LogP contribution is -2.23. The third kappa shape index (κ3) is 5.82. The van der Waals surface area contributed by atoms with Crippen LogP contribution in [0.25, 0.3) is 0 Å². The van der Waals surface area contributed by atoms with Gasteiger partial charge in [0.05, 0.1) is 6.61 Å². The molecule has 0 amide bonds. The van der Waals surface area contributed by atoms with Gasteiger partial charge in [0.25, 0.3) is 0 Å². The van der Waals surface area contributed by atoms with Gasteiger partial charge < -0.3 is 14.8 Å². The van der Waals surface area contributed by atoms with E-state index in [-0.39, 0.29) is 0 Å². The van der Waals surface area contributed by atoms with Gasteiger partial charge in [-0.2, -0.15) is 0 Å². The smallest absolute Gasteiger partial charge is 0.0713 e. The minimum atomic E-state index is 0.549. The maximum absolute atomic E-state index is 5.10. The highest BCUT2D eigenvalue weighted by molar-refractivity contribution is 5.21. The van der Waals surface area contributed by atoms with Crippen molar-refractivity contribution in [3.8, 4) is 0 Å². The third-order valence-electron chi connectivity index (χ3n) is 2.61. The van der Waals surface area contributed by atoms with Gasteiger partial charge in [-0.25, -0.2) is 0 Å². The lowest BCUT2D eigenvalue weighted by atomic mass is 10.1. The predicted molar refractivity (Wildman–Crippen MR) is 69.9 cm³/mol. The molecule has 0 bridgehead atoms. The van der Waals surface area contributed by atoms with Crippen molar-refractivity contribution in [2.45, 2.75) is 20.1 Å². The summed E-state index contributed by atoms with van der Waals surface area (Å²) in [6.45, 7) is 5.55. The summed E-state index contributed by atoms with van der Waals surface area (Å²) in [5, 5.41) is 3.43. The van der Waals surface area contributed by atoms with E-state index in [0.717, 1.165) is 19.7 Å². The summed E-state index contributed by atoms with van der Waals surface area (Å²) < 4.78 is 10.2. The minimum absolute atomic E-state index is 0.549. The van der Waals surface area contributed by atoms with Crippen LogP contribution in [0.4, 0.5) is 0 Å². The minimum Gasteiger partial charge on any atom is -0.384 e. The molecule has 0 saturated heterocycles. The van der Waals surface area contributed by atoms with Crippen LogP contribution in [0.2, 0.25) is 0 Å². The largest absolute Gasteiger partial charge is 0.384 e. The Morgan fingerprint density at radius 1 is 1.06 bits per heavy atom. The first-order valence-corrected chi connectivity index (χ1v) is 6.02. The van der Waals surface area contributed by atoms with Gasteiger partial charge in [0.2, 0.25) is 0 Å². The molecule has 0 heterocycles. The van der Waals surface area contributed by atoms with Crippen LogP contribution in [-0.4, -0.2) is 27.4 Å². The number of methoxy groups -OCH3 is 2. The monoisotopic (exact) mass is 237 g/mol. The number of benzene rings is 1. The second kappa shape index (κ2) is 8.23. The highest BCUT2D eigenvalue weighted by atomic mass is 16.5. The van der Waals surface area contributed by atoms with E-state index in [1.807, 2.05) is 0 Å². The molecular formula is C14H23NO2. The van der Waals surface area contributed by atoms with Gasteiger partial charge in [-0.1, -0.05) is 31.2 Å². The molecule has 1 N–H and O–H groups in total. The normalized spacial score (nSPS) is 12.6. The van der Waals surface area contributed by atoms with Gasteiger partial charge in [0.1, 0.15) is 0 Å². The van der Waals surface area contributed by atoms with E-state index in [4.69, 9.17) is 9.47 Å². The van der Waals surface area contributed by atoms with E-state index in [1.54, 1.807) is 14.2 Å². The van der Waals surface area contributed by atoms with Crippen LogP contribution in [0.15, 0.2) is 24.3 Å². The highest BCUT2D eigenvalue weighted by Gasteiger charge is 2.00.